The van der Waals surface area contributed by atoms with Gasteiger partial charge in [-0.05, 0) is 30.3 Å². The van der Waals surface area contributed by atoms with Crippen LogP contribution in [0.15, 0.2) is 57.4 Å². The maximum Gasteiger partial charge on any atom is 0.139 e. The number of aliphatic hydroxyl groups is 1. The number of halogens is 1. The van der Waals surface area contributed by atoms with Crippen LogP contribution in [0.5, 0.6) is 0 Å². The Morgan fingerprint density at radius 1 is 1.11 bits per heavy atom. The Kier molecular flexibility index (Phi) is 3.05. The second-order valence-electron chi connectivity index (χ2n) is 4.36. The third kappa shape index (κ3) is 2.25. The second kappa shape index (κ2) is 4.72. The van der Waals surface area contributed by atoms with Crippen molar-refractivity contribution in [3.05, 3.63) is 64.3 Å². The highest BCUT2D eigenvalue weighted by atomic mass is 79.9. The zero-order valence-corrected chi connectivity index (χ0v) is 11.6. The zero-order chi connectivity index (χ0) is 13.4. The summed E-state index contributed by atoms with van der Waals surface area (Å²) in [6, 6.07) is 14.9. The molecule has 3 aromatic rings. The number of benzene rings is 2. The maximum absolute atomic E-state index is 10.4. The summed E-state index contributed by atoms with van der Waals surface area (Å²) in [5.74, 6) is 0.492. The summed E-state index contributed by atoms with van der Waals surface area (Å²) in [6.45, 7) is 0. The van der Waals surface area contributed by atoms with Gasteiger partial charge in [-0.15, -0.1) is 0 Å². The Balaban J connectivity index is 2.07. The minimum atomic E-state index is -0.870. The van der Waals surface area contributed by atoms with Gasteiger partial charge in [0.25, 0.3) is 0 Å². The van der Waals surface area contributed by atoms with Crippen molar-refractivity contribution in [2.45, 2.75) is 6.10 Å². The molecule has 3 nitrogen and oxygen atoms in total. The number of aliphatic hydroxyl groups excluding tert-OH is 1. The lowest BCUT2D eigenvalue weighted by Crippen LogP contribution is -2.02. The van der Waals surface area contributed by atoms with Crippen molar-refractivity contribution in [2.75, 3.05) is 5.73 Å². The zero-order valence-electron chi connectivity index (χ0n) is 10.0. The summed E-state index contributed by atoms with van der Waals surface area (Å²) in [6.07, 6.45) is -0.870. The van der Waals surface area contributed by atoms with Gasteiger partial charge in [0, 0.05) is 21.1 Å². The van der Waals surface area contributed by atoms with Crippen LogP contribution >= 0.6 is 15.9 Å². The number of hydrogen-bond donors (Lipinski definition) is 2. The Morgan fingerprint density at radius 2 is 1.89 bits per heavy atom. The van der Waals surface area contributed by atoms with Crippen LogP contribution < -0.4 is 5.73 Å². The summed E-state index contributed by atoms with van der Waals surface area (Å²) >= 11 is 3.37. The maximum atomic E-state index is 10.4. The highest BCUT2D eigenvalue weighted by Gasteiger charge is 2.18. The highest BCUT2D eigenvalue weighted by Crippen LogP contribution is 2.32. The lowest BCUT2D eigenvalue weighted by molar-refractivity contribution is 0.193. The van der Waals surface area contributed by atoms with Crippen LogP contribution in [-0.4, -0.2) is 5.11 Å². The number of rotatable bonds is 2. The molecule has 0 aliphatic carbocycles. The summed E-state index contributed by atoms with van der Waals surface area (Å²) in [7, 11) is 0. The molecule has 1 atom stereocenters. The highest BCUT2D eigenvalue weighted by molar-refractivity contribution is 9.10. The molecule has 4 heteroatoms. The minimum absolute atomic E-state index is 0.492. The molecule has 0 spiro atoms. The molecule has 0 fully saturated rings. The average molecular weight is 318 g/mol. The number of furan rings is 1. The van der Waals surface area contributed by atoms with Gasteiger partial charge in [-0.25, -0.2) is 0 Å². The fraction of sp³-hybridized carbons (Fsp3) is 0.0667. The van der Waals surface area contributed by atoms with E-state index in [0.717, 1.165) is 15.4 Å². The Bertz CT molecular complexity index is 703. The molecule has 3 N–H and O–H groups in total. The third-order valence-electron chi connectivity index (χ3n) is 3.06. The van der Waals surface area contributed by atoms with Crippen LogP contribution in [-0.2, 0) is 0 Å². The van der Waals surface area contributed by atoms with Gasteiger partial charge in [-0.2, -0.15) is 0 Å². The van der Waals surface area contributed by atoms with Gasteiger partial charge in [0.05, 0.1) is 0 Å². The van der Waals surface area contributed by atoms with Gasteiger partial charge < -0.3 is 15.3 Å². The summed E-state index contributed by atoms with van der Waals surface area (Å²) < 4.78 is 6.53. The van der Waals surface area contributed by atoms with Crippen LogP contribution in [0.3, 0.4) is 0 Å². The smallest absolute Gasteiger partial charge is 0.139 e. The van der Waals surface area contributed by atoms with Gasteiger partial charge >= 0.3 is 0 Å². The molecule has 0 aliphatic rings. The molecule has 0 saturated heterocycles. The van der Waals surface area contributed by atoms with Gasteiger partial charge in [-0.3, -0.25) is 0 Å². The monoisotopic (exact) mass is 317 g/mol. The lowest BCUT2D eigenvalue weighted by Gasteiger charge is -2.11. The predicted molar refractivity (Wildman–Crippen MR) is 78.8 cm³/mol. The first-order valence-electron chi connectivity index (χ1n) is 5.86. The van der Waals surface area contributed by atoms with Crippen molar-refractivity contribution < 1.29 is 9.52 Å². The second-order valence-corrected chi connectivity index (χ2v) is 5.28. The lowest BCUT2D eigenvalue weighted by atomic mass is 10.1. The molecule has 96 valence electrons. The first-order valence-corrected chi connectivity index (χ1v) is 6.66. The molecule has 1 unspecified atom stereocenters. The Morgan fingerprint density at radius 3 is 2.68 bits per heavy atom. The molecule has 19 heavy (non-hydrogen) atoms. The first kappa shape index (κ1) is 12.3. The summed E-state index contributed by atoms with van der Waals surface area (Å²) in [4.78, 5) is 0. The number of anilines is 1. The molecule has 0 aliphatic heterocycles. The standard InChI is InChI=1S/C15H12BrNO2/c16-10-5-6-12(17)11(8-10)15(18)14-7-9-3-1-2-4-13(9)19-14/h1-8,15,18H,17H2. The number of nitrogen functional groups attached to an aromatic ring is 1. The number of nitrogens with two attached hydrogens (primary N) is 1. The van der Waals surface area contributed by atoms with Crippen LogP contribution in [0, 0.1) is 0 Å². The van der Waals surface area contributed by atoms with Crippen molar-refractivity contribution >= 4 is 32.6 Å². The van der Waals surface area contributed by atoms with Crippen molar-refractivity contribution in [3.8, 4) is 0 Å². The molecule has 0 radical (unpaired) electrons. The molecule has 0 saturated carbocycles. The van der Waals surface area contributed by atoms with E-state index in [2.05, 4.69) is 15.9 Å². The topological polar surface area (TPSA) is 59.4 Å². The van der Waals surface area contributed by atoms with Gasteiger partial charge in [0.2, 0.25) is 0 Å². The van der Waals surface area contributed by atoms with E-state index in [-0.39, 0.29) is 0 Å². The van der Waals surface area contributed by atoms with E-state index in [9.17, 15) is 5.11 Å². The Hall–Kier alpha value is -1.78. The first-order chi connectivity index (χ1) is 9.15. The summed E-state index contributed by atoms with van der Waals surface area (Å²) in [5.41, 5.74) is 7.83. The van der Waals surface area contributed by atoms with Crippen LogP contribution in [0.25, 0.3) is 11.0 Å². The predicted octanol–water partition coefficient (Wildman–Crippen LogP) is 3.86. The van der Waals surface area contributed by atoms with Crippen molar-refractivity contribution in [2.24, 2.45) is 0 Å². The van der Waals surface area contributed by atoms with Crippen molar-refractivity contribution in [1.29, 1.82) is 0 Å². The summed E-state index contributed by atoms with van der Waals surface area (Å²) in [5, 5.41) is 11.4. The Labute approximate surface area is 118 Å². The van der Waals surface area contributed by atoms with Crippen LogP contribution in [0.4, 0.5) is 5.69 Å². The largest absolute Gasteiger partial charge is 0.458 e. The molecular weight excluding hydrogens is 306 g/mol. The molecular formula is C15H12BrNO2. The van der Waals surface area contributed by atoms with Crippen LogP contribution in [0.1, 0.15) is 17.4 Å². The fourth-order valence-corrected chi connectivity index (χ4v) is 2.45. The number of para-hydroxylation sites is 1. The van der Waals surface area contributed by atoms with Gasteiger partial charge in [0.1, 0.15) is 17.4 Å². The molecule has 2 aromatic carbocycles. The molecule has 3 rings (SSSR count). The van der Waals surface area contributed by atoms with E-state index in [1.165, 1.54) is 0 Å². The quantitative estimate of drug-likeness (QED) is 0.705. The molecule has 0 bridgehead atoms. The average Bonchev–Trinajstić information content (AvgIpc) is 2.84. The van der Waals surface area contributed by atoms with E-state index in [0.29, 0.717) is 17.0 Å². The molecule has 1 heterocycles. The number of hydrogen-bond acceptors (Lipinski definition) is 3. The van der Waals surface area contributed by atoms with E-state index in [4.69, 9.17) is 10.2 Å². The third-order valence-corrected chi connectivity index (χ3v) is 3.55. The van der Waals surface area contributed by atoms with Crippen molar-refractivity contribution in [3.63, 3.8) is 0 Å². The van der Waals surface area contributed by atoms with E-state index in [1.54, 1.807) is 12.1 Å². The minimum Gasteiger partial charge on any atom is -0.458 e. The fourth-order valence-electron chi connectivity index (χ4n) is 2.07. The molecule has 1 aromatic heterocycles. The van der Waals surface area contributed by atoms with E-state index in [1.807, 2.05) is 36.4 Å². The van der Waals surface area contributed by atoms with E-state index >= 15 is 0 Å². The van der Waals surface area contributed by atoms with Crippen molar-refractivity contribution in [1.82, 2.24) is 0 Å². The van der Waals surface area contributed by atoms with Gasteiger partial charge in [-0.1, -0.05) is 34.1 Å². The normalized spacial score (nSPS) is 12.7. The molecule has 0 amide bonds. The van der Waals surface area contributed by atoms with Crippen LogP contribution in [0.2, 0.25) is 0 Å². The SMILES string of the molecule is Nc1ccc(Br)cc1C(O)c1cc2ccccc2o1. The van der Waals surface area contributed by atoms with E-state index < -0.39 is 6.10 Å². The number of fused-ring (bicyclic) bond motifs is 1. The van der Waals surface area contributed by atoms with Gasteiger partial charge in [0.15, 0.2) is 0 Å².